The van der Waals surface area contributed by atoms with Gasteiger partial charge in [0.25, 0.3) is 0 Å². The Kier molecular flexibility index (Phi) is 2.87. The Morgan fingerprint density at radius 1 is 1.12 bits per heavy atom. The van der Waals surface area contributed by atoms with E-state index in [2.05, 4.69) is 4.74 Å². The Morgan fingerprint density at radius 3 is 2.38 bits per heavy atom. The minimum absolute atomic E-state index is 0.423. The third kappa shape index (κ3) is 2.20. The minimum Gasteiger partial charge on any atom is -0.467 e. The number of benzene rings is 1. The second kappa shape index (κ2) is 4.32. The van der Waals surface area contributed by atoms with E-state index in [1.165, 1.54) is 7.11 Å². The van der Waals surface area contributed by atoms with Crippen molar-refractivity contribution in [3.8, 4) is 5.75 Å². The van der Waals surface area contributed by atoms with Gasteiger partial charge >= 0.3 is 11.9 Å². The van der Waals surface area contributed by atoms with Gasteiger partial charge in [0.1, 0.15) is 5.75 Å². The number of epoxide rings is 1. The van der Waals surface area contributed by atoms with E-state index in [1.54, 1.807) is 24.3 Å². The summed E-state index contributed by atoms with van der Waals surface area (Å²) in [4.78, 5) is 22.4. The minimum atomic E-state index is -0.840. The van der Waals surface area contributed by atoms with Crippen molar-refractivity contribution in [1.29, 1.82) is 0 Å². The Labute approximate surface area is 91.9 Å². The maximum absolute atomic E-state index is 11.5. The van der Waals surface area contributed by atoms with Gasteiger partial charge in [-0.25, -0.2) is 9.59 Å². The first kappa shape index (κ1) is 10.6. The number of para-hydroxylation sites is 1. The summed E-state index contributed by atoms with van der Waals surface area (Å²) in [5, 5.41) is 0. The lowest BCUT2D eigenvalue weighted by molar-refractivity contribution is -0.142. The zero-order valence-corrected chi connectivity index (χ0v) is 8.58. The summed E-state index contributed by atoms with van der Waals surface area (Å²) in [6.07, 6.45) is -1.66. The van der Waals surface area contributed by atoms with E-state index >= 15 is 0 Å². The number of hydrogen-bond donors (Lipinski definition) is 0. The third-order valence-corrected chi connectivity index (χ3v) is 2.12. The van der Waals surface area contributed by atoms with Crippen LogP contribution in [0.4, 0.5) is 0 Å². The third-order valence-electron chi connectivity index (χ3n) is 2.12. The van der Waals surface area contributed by atoms with Gasteiger partial charge in [-0.2, -0.15) is 0 Å². The number of carbonyl (C=O) groups is 2. The first-order valence-corrected chi connectivity index (χ1v) is 4.72. The van der Waals surface area contributed by atoms with E-state index in [1.807, 2.05) is 6.07 Å². The van der Waals surface area contributed by atoms with E-state index in [4.69, 9.17) is 9.47 Å². The van der Waals surface area contributed by atoms with Crippen molar-refractivity contribution in [1.82, 2.24) is 0 Å². The average molecular weight is 222 g/mol. The highest BCUT2D eigenvalue weighted by Gasteiger charge is 2.52. The zero-order chi connectivity index (χ0) is 11.5. The molecule has 1 fully saturated rings. The van der Waals surface area contributed by atoms with Crippen molar-refractivity contribution in [3.05, 3.63) is 30.3 Å². The van der Waals surface area contributed by atoms with E-state index in [-0.39, 0.29) is 0 Å². The molecule has 1 aromatic rings. The SMILES string of the molecule is COC(=O)C1OC1C(=O)Oc1ccccc1. The van der Waals surface area contributed by atoms with Crippen LogP contribution in [0.15, 0.2) is 30.3 Å². The lowest BCUT2D eigenvalue weighted by Crippen LogP contribution is -2.21. The first-order chi connectivity index (χ1) is 7.72. The van der Waals surface area contributed by atoms with Gasteiger partial charge in [0.15, 0.2) is 12.2 Å². The average Bonchev–Trinajstić information content (AvgIpc) is 3.09. The van der Waals surface area contributed by atoms with Crippen LogP contribution in [-0.4, -0.2) is 31.3 Å². The molecule has 1 aliphatic rings. The molecule has 84 valence electrons. The van der Waals surface area contributed by atoms with Gasteiger partial charge in [-0.05, 0) is 12.1 Å². The Balaban J connectivity index is 1.89. The summed E-state index contributed by atoms with van der Waals surface area (Å²) in [5.41, 5.74) is 0. The van der Waals surface area contributed by atoms with Crippen LogP contribution in [0, 0.1) is 0 Å². The normalized spacial score (nSPS) is 22.3. The Bertz CT molecular complexity index is 400. The Hall–Kier alpha value is -1.88. The molecule has 1 aliphatic heterocycles. The number of ether oxygens (including phenoxy) is 3. The van der Waals surface area contributed by atoms with Crippen LogP contribution in [0.25, 0.3) is 0 Å². The van der Waals surface area contributed by atoms with Gasteiger partial charge in [0, 0.05) is 0 Å². The van der Waals surface area contributed by atoms with Gasteiger partial charge in [-0.15, -0.1) is 0 Å². The fraction of sp³-hybridized carbons (Fsp3) is 0.273. The summed E-state index contributed by atoms with van der Waals surface area (Å²) in [7, 11) is 1.24. The molecule has 2 unspecified atom stereocenters. The summed E-state index contributed by atoms with van der Waals surface area (Å²) >= 11 is 0. The predicted octanol–water partition coefficient (Wildman–Crippen LogP) is 0.532. The monoisotopic (exact) mass is 222 g/mol. The molecule has 0 saturated carbocycles. The molecule has 0 aromatic heterocycles. The molecule has 0 amide bonds. The highest BCUT2D eigenvalue weighted by Crippen LogP contribution is 2.25. The van der Waals surface area contributed by atoms with Crippen LogP contribution in [0.5, 0.6) is 5.75 Å². The molecule has 0 N–H and O–H groups in total. The molecule has 2 rings (SSSR count). The number of esters is 2. The number of methoxy groups -OCH3 is 1. The fourth-order valence-electron chi connectivity index (χ4n) is 1.25. The number of rotatable bonds is 3. The highest BCUT2D eigenvalue weighted by molar-refractivity contribution is 5.90. The maximum Gasteiger partial charge on any atom is 0.344 e. The number of carbonyl (C=O) groups excluding carboxylic acids is 2. The van der Waals surface area contributed by atoms with Crippen molar-refractivity contribution in [2.75, 3.05) is 7.11 Å². The van der Waals surface area contributed by atoms with Gasteiger partial charge in [0.2, 0.25) is 0 Å². The molecule has 5 nitrogen and oxygen atoms in total. The van der Waals surface area contributed by atoms with E-state index in [0.29, 0.717) is 5.75 Å². The Morgan fingerprint density at radius 2 is 1.75 bits per heavy atom. The van der Waals surface area contributed by atoms with Crippen molar-refractivity contribution in [2.24, 2.45) is 0 Å². The van der Waals surface area contributed by atoms with Crippen molar-refractivity contribution in [3.63, 3.8) is 0 Å². The number of hydrogen-bond acceptors (Lipinski definition) is 5. The molecule has 16 heavy (non-hydrogen) atoms. The van der Waals surface area contributed by atoms with E-state index in [0.717, 1.165) is 0 Å². The first-order valence-electron chi connectivity index (χ1n) is 4.72. The molecule has 0 bridgehead atoms. The highest BCUT2D eigenvalue weighted by atomic mass is 16.7. The largest absolute Gasteiger partial charge is 0.467 e. The van der Waals surface area contributed by atoms with Crippen LogP contribution < -0.4 is 4.74 Å². The molecular formula is C11H10O5. The van der Waals surface area contributed by atoms with E-state index in [9.17, 15) is 9.59 Å². The quantitative estimate of drug-likeness (QED) is 0.424. The fourth-order valence-corrected chi connectivity index (χ4v) is 1.25. The molecule has 0 spiro atoms. The lowest BCUT2D eigenvalue weighted by atomic mass is 10.3. The van der Waals surface area contributed by atoms with Crippen LogP contribution >= 0.6 is 0 Å². The van der Waals surface area contributed by atoms with Crippen molar-refractivity contribution >= 4 is 11.9 Å². The van der Waals surface area contributed by atoms with Crippen LogP contribution in [-0.2, 0) is 19.1 Å². The molecule has 1 aromatic carbocycles. The maximum atomic E-state index is 11.5. The molecule has 0 aliphatic carbocycles. The summed E-state index contributed by atoms with van der Waals surface area (Å²) in [6, 6.07) is 8.59. The van der Waals surface area contributed by atoms with Crippen LogP contribution in [0.2, 0.25) is 0 Å². The molecular weight excluding hydrogens is 212 g/mol. The second-order valence-electron chi connectivity index (χ2n) is 3.23. The second-order valence-corrected chi connectivity index (χ2v) is 3.23. The molecule has 5 heteroatoms. The lowest BCUT2D eigenvalue weighted by Gasteiger charge is -2.00. The van der Waals surface area contributed by atoms with Crippen LogP contribution in [0.1, 0.15) is 0 Å². The summed E-state index contributed by atoms with van der Waals surface area (Å²) < 4.78 is 14.3. The molecule has 1 heterocycles. The van der Waals surface area contributed by atoms with Gasteiger partial charge in [0.05, 0.1) is 7.11 Å². The van der Waals surface area contributed by atoms with Gasteiger partial charge in [-0.3, -0.25) is 0 Å². The standard InChI is InChI=1S/C11H10O5/c1-14-10(12)8-9(16-8)11(13)15-7-5-3-2-4-6-7/h2-6,8-9H,1H3. The topological polar surface area (TPSA) is 65.1 Å². The van der Waals surface area contributed by atoms with Gasteiger partial charge < -0.3 is 14.2 Å². The molecule has 1 saturated heterocycles. The predicted molar refractivity (Wildman–Crippen MR) is 52.8 cm³/mol. The van der Waals surface area contributed by atoms with Crippen molar-refractivity contribution in [2.45, 2.75) is 12.2 Å². The van der Waals surface area contributed by atoms with Crippen molar-refractivity contribution < 1.29 is 23.8 Å². The zero-order valence-electron chi connectivity index (χ0n) is 8.58. The van der Waals surface area contributed by atoms with Crippen LogP contribution in [0.3, 0.4) is 0 Å². The van der Waals surface area contributed by atoms with Gasteiger partial charge in [-0.1, -0.05) is 18.2 Å². The summed E-state index contributed by atoms with van der Waals surface area (Å²) in [6.45, 7) is 0. The molecule has 2 atom stereocenters. The van der Waals surface area contributed by atoms with E-state index < -0.39 is 24.1 Å². The summed E-state index contributed by atoms with van der Waals surface area (Å²) in [5.74, 6) is -0.719. The smallest absolute Gasteiger partial charge is 0.344 e. The molecule has 0 radical (unpaired) electrons.